The predicted molar refractivity (Wildman–Crippen MR) is 67.4 cm³/mol. The number of aryl methyl sites for hydroxylation is 1. The topological polar surface area (TPSA) is 56.1 Å². The van der Waals surface area contributed by atoms with Gasteiger partial charge in [0.15, 0.2) is 0 Å². The second-order valence-corrected chi connectivity index (χ2v) is 3.94. The van der Waals surface area contributed by atoms with Crippen LogP contribution in [0.1, 0.15) is 15.9 Å². The van der Waals surface area contributed by atoms with Crippen LogP contribution in [0.4, 0.5) is 0 Å². The van der Waals surface area contributed by atoms with Crippen LogP contribution in [0.2, 0.25) is 0 Å². The molecule has 2 rings (SSSR count). The molecule has 1 amide bonds. The van der Waals surface area contributed by atoms with Gasteiger partial charge >= 0.3 is 0 Å². The number of methoxy groups -OCH3 is 1. The number of hydrogen-bond donors (Lipinski definition) is 1. The number of nitrogens with one attached hydrogen (secondary N) is 1. The molecule has 18 heavy (non-hydrogen) atoms. The normalized spacial score (nSPS) is 10.1. The minimum Gasteiger partial charge on any atom is -0.497 e. The minimum atomic E-state index is -0.127. The first kappa shape index (κ1) is 12.2. The summed E-state index contributed by atoms with van der Waals surface area (Å²) in [6, 6.07) is 7.05. The molecule has 1 aromatic heterocycles. The molecular weight excluding hydrogens is 230 g/mol. The Labute approximate surface area is 105 Å². The molecule has 0 fully saturated rings. The number of ether oxygens (including phenoxy) is 1. The molecule has 1 aromatic carbocycles. The fourth-order valence-electron chi connectivity index (χ4n) is 1.61. The lowest BCUT2D eigenvalue weighted by atomic mass is 10.2. The molecule has 1 N–H and O–H groups in total. The first-order chi connectivity index (χ1) is 8.69. The van der Waals surface area contributed by atoms with E-state index in [4.69, 9.17) is 4.74 Å². The van der Waals surface area contributed by atoms with Crippen LogP contribution in [0.5, 0.6) is 5.75 Å². The van der Waals surface area contributed by atoms with Gasteiger partial charge in [-0.05, 0) is 18.2 Å². The van der Waals surface area contributed by atoms with Crippen molar-refractivity contribution in [3.05, 3.63) is 47.8 Å². The standard InChI is InChI=1S/C13H15N3O2/c1-16-9-10(8-15-16)7-14-13(17)11-4-3-5-12(6-11)18-2/h3-6,8-9H,7H2,1-2H3,(H,14,17). The van der Waals surface area contributed by atoms with Crippen molar-refractivity contribution in [2.75, 3.05) is 7.11 Å². The summed E-state index contributed by atoms with van der Waals surface area (Å²) in [5.74, 6) is 0.543. The van der Waals surface area contributed by atoms with Crippen LogP contribution in [0.25, 0.3) is 0 Å². The summed E-state index contributed by atoms with van der Waals surface area (Å²) in [5.41, 5.74) is 1.55. The maximum Gasteiger partial charge on any atom is 0.251 e. The first-order valence-electron chi connectivity index (χ1n) is 5.59. The SMILES string of the molecule is COc1cccc(C(=O)NCc2cnn(C)c2)c1. The van der Waals surface area contributed by atoms with Crippen molar-refractivity contribution in [1.29, 1.82) is 0 Å². The Morgan fingerprint density at radius 2 is 2.33 bits per heavy atom. The Balaban J connectivity index is 1.99. The highest BCUT2D eigenvalue weighted by atomic mass is 16.5. The van der Waals surface area contributed by atoms with Crippen LogP contribution in [-0.4, -0.2) is 22.8 Å². The monoisotopic (exact) mass is 245 g/mol. The number of rotatable bonds is 4. The molecule has 0 unspecified atom stereocenters. The zero-order valence-electron chi connectivity index (χ0n) is 10.4. The van der Waals surface area contributed by atoms with Gasteiger partial charge in [-0.1, -0.05) is 6.07 Å². The molecule has 0 spiro atoms. The van der Waals surface area contributed by atoms with Crippen LogP contribution in [-0.2, 0) is 13.6 Å². The fourth-order valence-corrected chi connectivity index (χ4v) is 1.61. The van der Waals surface area contributed by atoms with E-state index in [9.17, 15) is 4.79 Å². The molecule has 0 aliphatic heterocycles. The quantitative estimate of drug-likeness (QED) is 0.884. The van der Waals surface area contributed by atoms with Crippen LogP contribution in [0.3, 0.4) is 0 Å². The van der Waals surface area contributed by atoms with Crippen LogP contribution >= 0.6 is 0 Å². The molecule has 0 aliphatic rings. The van der Waals surface area contributed by atoms with Gasteiger partial charge in [0.1, 0.15) is 5.75 Å². The molecule has 0 aliphatic carbocycles. The van der Waals surface area contributed by atoms with Gasteiger partial charge in [-0.25, -0.2) is 0 Å². The highest BCUT2D eigenvalue weighted by Crippen LogP contribution is 2.12. The van der Waals surface area contributed by atoms with E-state index in [-0.39, 0.29) is 5.91 Å². The number of amides is 1. The second-order valence-electron chi connectivity index (χ2n) is 3.94. The second kappa shape index (κ2) is 5.35. The largest absolute Gasteiger partial charge is 0.497 e. The van der Waals surface area contributed by atoms with Crippen molar-refractivity contribution in [2.45, 2.75) is 6.54 Å². The van der Waals surface area contributed by atoms with E-state index in [0.717, 1.165) is 5.56 Å². The Kier molecular flexibility index (Phi) is 3.62. The molecule has 0 radical (unpaired) electrons. The zero-order valence-corrected chi connectivity index (χ0v) is 10.4. The van der Waals surface area contributed by atoms with Crippen molar-refractivity contribution in [2.24, 2.45) is 7.05 Å². The van der Waals surface area contributed by atoms with Gasteiger partial charge in [-0.2, -0.15) is 5.10 Å². The van der Waals surface area contributed by atoms with Crippen molar-refractivity contribution < 1.29 is 9.53 Å². The molecule has 94 valence electrons. The summed E-state index contributed by atoms with van der Waals surface area (Å²) in [4.78, 5) is 11.9. The molecule has 0 bridgehead atoms. The number of benzene rings is 1. The summed E-state index contributed by atoms with van der Waals surface area (Å²) < 4.78 is 6.78. The van der Waals surface area contributed by atoms with E-state index < -0.39 is 0 Å². The van der Waals surface area contributed by atoms with Crippen molar-refractivity contribution >= 4 is 5.91 Å². The Hall–Kier alpha value is -2.30. The van der Waals surface area contributed by atoms with Crippen LogP contribution in [0.15, 0.2) is 36.7 Å². The maximum absolute atomic E-state index is 11.9. The van der Waals surface area contributed by atoms with E-state index >= 15 is 0 Å². The third-order valence-electron chi connectivity index (χ3n) is 2.54. The molecule has 5 heteroatoms. The molecule has 2 aromatic rings. The molecule has 0 atom stereocenters. The average Bonchev–Trinajstić information content (AvgIpc) is 2.82. The van der Waals surface area contributed by atoms with Crippen molar-refractivity contribution in [3.63, 3.8) is 0 Å². The molecule has 1 heterocycles. The Morgan fingerprint density at radius 1 is 1.50 bits per heavy atom. The van der Waals surface area contributed by atoms with Gasteiger partial charge in [0.05, 0.1) is 13.3 Å². The van der Waals surface area contributed by atoms with E-state index in [1.807, 2.05) is 13.2 Å². The highest BCUT2D eigenvalue weighted by Gasteiger charge is 2.06. The van der Waals surface area contributed by atoms with E-state index in [2.05, 4.69) is 10.4 Å². The zero-order chi connectivity index (χ0) is 13.0. The fraction of sp³-hybridized carbons (Fsp3) is 0.231. The lowest BCUT2D eigenvalue weighted by Gasteiger charge is -2.05. The first-order valence-corrected chi connectivity index (χ1v) is 5.59. The maximum atomic E-state index is 11.9. The molecule has 0 saturated carbocycles. The lowest BCUT2D eigenvalue weighted by molar-refractivity contribution is 0.0950. The molecule has 0 saturated heterocycles. The van der Waals surface area contributed by atoms with Crippen LogP contribution < -0.4 is 10.1 Å². The van der Waals surface area contributed by atoms with E-state index in [0.29, 0.717) is 17.9 Å². The van der Waals surface area contributed by atoms with Crippen molar-refractivity contribution in [3.8, 4) is 5.75 Å². The highest BCUT2D eigenvalue weighted by molar-refractivity contribution is 5.94. The third kappa shape index (κ3) is 2.88. The number of carbonyl (C=O) groups excluding carboxylic acids is 1. The number of carbonyl (C=O) groups is 1. The summed E-state index contributed by atoms with van der Waals surface area (Å²) >= 11 is 0. The smallest absolute Gasteiger partial charge is 0.251 e. The predicted octanol–water partition coefficient (Wildman–Crippen LogP) is 1.36. The molecule has 5 nitrogen and oxygen atoms in total. The van der Waals surface area contributed by atoms with Crippen molar-refractivity contribution in [1.82, 2.24) is 15.1 Å². The Morgan fingerprint density at radius 3 is 3.00 bits per heavy atom. The van der Waals surface area contributed by atoms with Gasteiger partial charge in [0.2, 0.25) is 0 Å². The van der Waals surface area contributed by atoms with Gasteiger partial charge in [-0.15, -0.1) is 0 Å². The Bertz CT molecular complexity index is 549. The van der Waals surface area contributed by atoms with E-state index in [1.54, 1.807) is 42.3 Å². The average molecular weight is 245 g/mol. The summed E-state index contributed by atoms with van der Waals surface area (Å²) in [5, 5.41) is 6.87. The number of hydrogen-bond acceptors (Lipinski definition) is 3. The minimum absolute atomic E-state index is 0.127. The lowest BCUT2D eigenvalue weighted by Crippen LogP contribution is -2.22. The summed E-state index contributed by atoms with van der Waals surface area (Å²) in [7, 11) is 3.42. The van der Waals surface area contributed by atoms with Gasteiger partial charge in [0, 0.05) is 30.9 Å². The molecular formula is C13H15N3O2. The third-order valence-corrected chi connectivity index (χ3v) is 2.54. The number of aromatic nitrogens is 2. The number of nitrogens with zero attached hydrogens (tertiary/aromatic N) is 2. The summed E-state index contributed by atoms with van der Waals surface area (Å²) in [6.45, 7) is 0.462. The van der Waals surface area contributed by atoms with Gasteiger partial charge < -0.3 is 10.1 Å². The van der Waals surface area contributed by atoms with Crippen LogP contribution in [0, 0.1) is 0 Å². The summed E-state index contributed by atoms with van der Waals surface area (Å²) in [6.07, 6.45) is 3.59. The van der Waals surface area contributed by atoms with E-state index in [1.165, 1.54) is 0 Å². The van der Waals surface area contributed by atoms with Gasteiger partial charge in [0.25, 0.3) is 5.91 Å². The van der Waals surface area contributed by atoms with Gasteiger partial charge in [-0.3, -0.25) is 9.48 Å².